The highest BCUT2D eigenvalue weighted by atomic mass is 35.5. The molecule has 2 aliphatic rings. The van der Waals surface area contributed by atoms with Crippen LogP contribution in [0.1, 0.15) is 38.2 Å². The Morgan fingerprint density at radius 3 is 2.48 bits per heavy atom. The van der Waals surface area contributed by atoms with Gasteiger partial charge in [0, 0.05) is 42.1 Å². The number of sulfonamides is 1. The number of hydrogen-bond acceptors (Lipinski definition) is 3. The molecule has 150 valence electrons. The molecule has 3 rings (SSSR count). The number of rotatable bonds is 4. The minimum Gasteiger partial charge on any atom is -0.342 e. The molecule has 8 heteroatoms. The second kappa shape index (κ2) is 8.68. The van der Waals surface area contributed by atoms with Crippen LogP contribution < -0.4 is 0 Å². The molecule has 0 aromatic heterocycles. The quantitative estimate of drug-likeness (QED) is 0.726. The van der Waals surface area contributed by atoms with Gasteiger partial charge in [0.05, 0.1) is 5.75 Å². The van der Waals surface area contributed by atoms with Crippen molar-refractivity contribution in [1.82, 2.24) is 9.21 Å². The Balaban J connectivity index is 1.58. The van der Waals surface area contributed by atoms with E-state index in [1.165, 1.54) is 10.7 Å². The van der Waals surface area contributed by atoms with Gasteiger partial charge in [0.15, 0.2) is 0 Å². The highest BCUT2D eigenvalue weighted by molar-refractivity contribution is 7.88. The molecule has 0 spiro atoms. The van der Waals surface area contributed by atoms with Crippen molar-refractivity contribution in [2.24, 2.45) is 11.8 Å². The molecule has 2 heterocycles. The fourth-order valence-corrected chi connectivity index (χ4v) is 6.10. The van der Waals surface area contributed by atoms with Gasteiger partial charge in [0.25, 0.3) is 0 Å². The van der Waals surface area contributed by atoms with Gasteiger partial charge in [-0.05, 0) is 49.3 Å². The molecule has 27 heavy (non-hydrogen) atoms. The van der Waals surface area contributed by atoms with Crippen LogP contribution in [0.5, 0.6) is 0 Å². The van der Waals surface area contributed by atoms with E-state index in [1.54, 1.807) is 18.2 Å². The molecule has 2 aliphatic heterocycles. The zero-order valence-corrected chi connectivity index (χ0v) is 17.9. The third-order valence-corrected chi connectivity index (χ3v) is 7.93. The van der Waals surface area contributed by atoms with Crippen molar-refractivity contribution in [3.05, 3.63) is 33.8 Å². The van der Waals surface area contributed by atoms with E-state index >= 15 is 0 Å². The summed E-state index contributed by atoms with van der Waals surface area (Å²) < 4.78 is 27.0. The highest BCUT2D eigenvalue weighted by Gasteiger charge is 2.34. The first kappa shape index (κ1) is 20.9. The molecule has 1 atom stereocenters. The Labute approximate surface area is 171 Å². The Bertz CT molecular complexity index is 792. The fourth-order valence-electron chi connectivity index (χ4n) is 3.96. The van der Waals surface area contributed by atoms with Gasteiger partial charge in [-0.3, -0.25) is 4.79 Å². The first-order chi connectivity index (χ1) is 12.8. The predicted octanol–water partition coefficient (Wildman–Crippen LogP) is 3.79. The van der Waals surface area contributed by atoms with Crippen LogP contribution in [-0.2, 0) is 20.6 Å². The van der Waals surface area contributed by atoms with Gasteiger partial charge in [-0.15, -0.1) is 0 Å². The van der Waals surface area contributed by atoms with Crippen LogP contribution in [0.2, 0.25) is 10.0 Å². The van der Waals surface area contributed by atoms with Gasteiger partial charge in [-0.25, -0.2) is 12.7 Å². The number of nitrogens with zero attached hydrogens (tertiary/aromatic N) is 2. The van der Waals surface area contributed by atoms with Crippen LogP contribution in [-0.4, -0.2) is 49.7 Å². The number of benzene rings is 1. The minimum atomic E-state index is -3.47. The SMILES string of the molecule is C[C@H]1CCCN(C(=O)C2CCN(S(=O)(=O)Cc3ccc(Cl)cc3Cl)CC2)C1. The van der Waals surface area contributed by atoms with Gasteiger partial charge in [-0.2, -0.15) is 0 Å². The van der Waals surface area contributed by atoms with E-state index in [4.69, 9.17) is 23.2 Å². The van der Waals surface area contributed by atoms with E-state index in [0.29, 0.717) is 47.5 Å². The van der Waals surface area contributed by atoms with Crippen LogP contribution >= 0.6 is 23.2 Å². The summed E-state index contributed by atoms with van der Waals surface area (Å²) in [6.07, 6.45) is 3.39. The third-order valence-electron chi connectivity index (χ3n) is 5.52. The molecule has 1 amide bonds. The maximum absolute atomic E-state index is 12.8. The first-order valence-corrected chi connectivity index (χ1v) is 11.8. The summed E-state index contributed by atoms with van der Waals surface area (Å²) in [5.74, 6) is 0.526. The summed E-state index contributed by atoms with van der Waals surface area (Å²) in [6, 6.07) is 4.84. The molecule has 1 aromatic rings. The Morgan fingerprint density at radius 1 is 1.15 bits per heavy atom. The summed E-state index contributed by atoms with van der Waals surface area (Å²) in [6.45, 7) is 4.60. The molecule has 5 nitrogen and oxygen atoms in total. The first-order valence-electron chi connectivity index (χ1n) is 9.47. The lowest BCUT2D eigenvalue weighted by atomic mass is 9.93. The Kier molecular flexibility index (Phi) is 6.72. The number of carbonyl (C=O) groups is 1. The zero-order valence-electron chi connectivity index (χ0n) is 15.5. The fraction of sp³-hybridized carbons (Fsp3) is 0.632. The van der Waals surface area contributed by atoms with E-state index in [0.717, 1.165) is 19.5 Å². The van der Waals surface area contributed by atoms with Crippen molar-refractivity contribution in [3.63, 3.8) is 0 Å². The van der Waals surface area contributed by atoms with E-state index in [9.17, 15) is 13.2 Å². The Hall–Kier alpha value is -0.820. The average molecular weight is 433 g/mol. The third kappa shape index (κ3) is 5.17. The lowest BCUT2D eigenvalue weighted by Gasteiger charge is -2.36. The predicted molar refractivity (Wildman–Crippen MR) is 108 cm³/mol. The molecule has 1 aromatic carbocycles. The van der Waals surface area contributed by atoms with E-state index in [-0.39, 0.29) is 17.6 Å². The van der Waals surface area contributed by atoms with Crippen LogP contribution in [0.25, 0.3) is 0 Å². The highest BCUT2D eigenvalue weighted by Crippen LogP contribution is 2.28. The number of carbonyl (C=O) groups excluding carboxylic acids is 1. The topological polar surface area (TPSA) is 57.7 Å². The molecule has 2 saturated heterocycles. The number of halogens is 2. The van der Waals surface area contributed by atoms with Gasteiger partial charge >= 0.3 is 0 Å². The number of amides is 1. The second-order valence-electron chi connectivity index (χ2n) is 7.70. The molecule has 0 N–H and O–H groups in total. The molecule has 2 fully saturated rings. The second-order valence-corrected chi connectivity index (χ2v) is 10.5. The summed E-state index contributed by atoms with van der Waals surface area (Å²) in [7, 11) is -3.47. The largest absolute Gasteiger partial charge is 0.342 e. The lowest BCUT2D eigenvalue weighted by molar-refractivity contribution is -0.138. The molecule has 0 unspecified atom stereocenters. The summed E-state index contributed by atoms with van der Waals surface area (Å²) in [5.41, 5.74) is 0.543. The van der Waals surface area contributed by atoms with E-state index < -0.39 is 10.0 Å². The molecule has 0 aliphatic carbocycles. The van der Waals surface area contributed by atoms with Gasteiger partial charge in [0.2, 0.25) is 15.9 Å². The van der Waals surface area contributed by atoms with Gasteiger partial charge in [-0.1, -0.05) is 36.2 Å². The van der Waals surface area contributed by atoms with Crippen LogP contribution in [0.15, 0.2) is 18.2 Å². The maximum Gasteiger partial charge on any atom is 0.225 e. The molecular weight excluding hydrogens is 407 g/mol. The normalized spacial score (nSPS) is 22.8. The van der Waals surface area contributed by atoms with Crippen molar-refractivity contribution in [1.29, 1.82) is 0 Å². The number of piperidine rings is 2. The van der Waals surface area contributed by atoms with Crippen LogP contribution in [0, 0.1) is 11.8 Å². The lowest BCUT2D eigenvalue weighted by Crippen LogP contribution is -2.47. The average Bonchev–Trinajstić information content (AvgIpc) is 2.63. The summed E-state index contributed by atoms with van der Waals surface area (Å²) >= 11 is 12.0. The van der Waals surface area contributed by atoms with Crippen molar-refractivity contribution < 1.29 is 13.2 Å². The van der Waals surface area contributed by atoms with Crippen molar-refractivity contribution >= 4 is 39.1 Å². The van der Waals surface area contributed by atoms with Gasteiger partial charge in [0.1, 0.15) is 0 Å². The van der Waals surface area contributed by atoms with Crippen molar-refractivity contribution in [3.8, 4) is 0 Å². The zero-order chi connectivity index (χ0) is 19.6. The van der Waals surface area contributed by atoms with E-state index in [1.807, 2.05) is 4.90 Å². The number of likely N-dealkylation sites (tertiary alicyclic amines) is 1. The monoisotopic (exact) mass is 432 g/mol. The van der Waals surface area contributed by atoms with Crippen LogP contribution in [0.3, 0.4) is 0 Å². The summed E-state index contributed by atoms with van der Waals surface area (Å²) in [5, 5.41) is 0.836. The number of hydrogen-bond donors (Lipinski definition) is 0. The van der Waals surface area contributed by atoms with Crippen LogP contribution in [0.4, 0.5) is 0 Å². The summed E-state index contributed by atoms with van der Waals surface area (Å²) in [4.78, 5) is 14.7. The van der Waals surface area contributed by atoms with Crippen molar-refractivity contribution in [2.45, 2.75) is 38.4 Å². The van der Waals surface area contributed by atoms with E-state index in [2.05, 4.69) is 6.92 Å². The smallest absolute Gasteiger partial charge is 0.225 e. The van der Waals surface area contributed by atoms with Crippen molar-refractivity contribution in [2.75, 3.05) is 26.2 Å². The molecular formula is C19H26Cl2N2O3S. The minimum absolute atomic E-state index is 0.0686. The molecule has 0 radical (unpaired) electrons. The molecule has 0 saturated carbocycles. The Morgan fingerprint density at radius 2 is 1.85 bits per heavy atom. The standard InChI is InChI=1S/C19H26Cl2N2O3S/c1-14-3-2-8-22(12-14)19(24)15-6-9-23(10-7-15)27(25,26)13-16-4-5-17(20)11-18(16)21/h4-5,11,14-15H,2-3,6-10,12-13H2,1H3/t14-/m0/s1. The van der Waals surface area contributed by atoms with Gasteiger partial charge < -0.3 is 4.90 Å². The maximum atomic E-state index is 12.8. The molecule has 0 bridgehead atoms.